The molecule has 0 fully saturated rings. The van der Waals surface area contributed by atoms with Gasteiger partial charge in [0.2, 0.25) is 6.73 Å². The molecule has 3 heteroatoms. The largest absolute Gasteiger partial charge is 0.507 e. The highest BCUT2D eigenvalue weighted by molar-refractivity contribution is 5.52. The maximum Gasteiger partial charge on any atom is 0.219 e. The van der Waals surface area contributed by atoms with Crippen LogP contribution in [0.5, 0.6) is 11.5 Å². The van der Waals surface area contributed by atoms with E-state index in [1.165, 1.54) is 24.0 Å². The molecule has 2 atom stereocenters. The lowest BCUT2D eigenvalue weighted by atomic mass is 9.73. The Balaban J connectivity index is 0.00000338. The summed E-state index contributed by atoms with van der Waals surface area (Å²) in [4.78, 5) is 0. The predicted octanol–water partition coefficient (Wildman–Crippen LogP) is 5.17. The van der Waals surface area contributed by atoms with Crippen molar-refractivity contribution in [2.45, 2.75) is 65.2 Å². The second kappa shape index (κ2) is 10.4. The molecule has 2 unspecified atom stereocenters. The first kappa shape index (κ1) is 22.3. The van der Waals surface area contributed by atoms with E-state index < -0.39 is 0 Å². The molecule has 0 saturated heterocycles. The number of benzene rings is 1. The van der Waals surface area contributed by atoms with Crippen LogP contribution in [0, 0.1) is 13.3 Å². The minimum absolute atomic E-state index is 0. The van der Waals surface area contributed by atoms with Crippen LogP contribution in [-0.2, 0) is 6.42 Å². The van der Waals surface area contributed by atoms with E-state index in [4.69, 9.17) is 4.74 Å². The van der Waals surface area contributed by atoms with Crippen LogP contribution in [0.25, 0.3) is 0 Å². The summed E-state index contributed by atoms with van der Waals surface area (Å²) in [5, 5.41) is 10.8. The van der Waals surface area contributed by atoms with Crippen molar-refractivity contribution in [1.82, 2.24) is 0 Å². The van der Waals surface area contributed by atoms with Crippen LogP contribution >= 0.6 is 0 Å². The van der Waals surface area contributed by atoms with Gasteiger partial charge in [0.05, 0.1) is 0 Å². The number of hydrogen-bond acceptors (Lipinski definition) is 2. The first-order chi connectivity index (χ1) is 12.0. The van der Waals surface area contributed by atoms with Crippen LogP contribution in [-0.4, -0.2) is 11.8 Å². The van der Waals surface area contributed by atoms with E-state index in [0.29, 0.717) is 18.4 Å². The van der Waals surface area contributed by atoms with Gasteiger partial charge < -0.3 is 23.0 Å². The van der Waals surface area contributed by atoms with Crippen LogP contribution in [0.2, 0.25) is 0 Å². The van der Waals surface area contributed by atoms with E-state index in [-0.39, 0.29) is 13.3 Å². The summed E-state index contributed by atoms with van der Waals surface area (Å²) < 4.78 is 5.85. The monoisotopic (exact) mass is 359 g/mol. The molecule has 1 aromatic carbocycles. The van der Waals surface area contributed by atoms with Crippen molar-refractivity contribution >= 4 is 0 Å². The standard InChI is InChI=1S/C22H33NO2.CH3/c1-5-6-7-8-17-12-20(24)22(21(13-17)25-14-23)19-11-16(4)9-10-18(19)15(2)3;/h11-13,18-19,24H,2,5-10,14,23H2,1,3-4H3;1H3/q;-1/p+1. The molecule has 146 valence electrons. The molecule has 0 heterocycles. The topological polar surface area (TPSA) is 57.1 Å². The average Bonchev–Trinajstić information content (AvgIpc) is 2.55. The van der Waals surface area contributed by atoms with Crippen molar-refractivity contribution in [2.75, 3.05) is 6.73 Å². The summed E-state index contributed by atoms with van der Waals surface area (Å²) in [5.41, 5.74) is 8.41. The molecule has 0 bridgehead atoms. The zero-order valence-electron chi connectivity index (χ0n) is 17.1. The van der Waals surface area contributed by atoms with Crippen LogP contribution in [0.3, 0.4) is 0 Å². The van der Waals surface area contributed by atoms with Crippen molar-refractivity contribution in [2.24, 2.45) is 5.92 Å². The minimum Gasteiger partial charge on any atom is -0.507 e. The Labute approximate surface area is 160 Å². The first-order valence-electron chi connectivity index (χ1n) is 9.58. The molecule has 0 radical (unpaired) electrons. The summed E-state index contributed by atoms with van der Waals surface area (Å²) >= 11 is 0. The second-order valence-corrected chi connectivity index (χ2v) is 7.36. The number of hydrogen-bond donors (Lipinski definition) is 2. The van der Waals surface area contributed by atoms with Gasteiger partial charge in [-0.2, -0.15) is 0 Å². The lowest BCUT2D eigenvalue weighted by Gasteiger charge is -2.32. The summed E-state index contributed by atoms with van der Waals surface area (Å²) in [6, 6.07) is 4.03. The summed E-state index contributed by atoms with van der Waals surface area (Å²) in [6.07, 6.45) is 8.95. The van der Waals surface area contributed by atoms with Gasteiger partial charge in [-0.3, -0.25) is 0 Å². The molecule has 2 rings (SSSR count). The fourth-order valence-electron chi connectivity index (χ4n) is 3.86. The SMILES string of the molecule is C=C(C)C1CCC(C)=CC1c1c(O)cc(CCCCC)cc1OC[NH3+].[CH3-]. The predicted molar refractivity (Wildman–Crippen MR) is 110 cm³/mol. The number of phenols is 1. The lowest BCUT2D eigenvalue weighted by Crippen LogP contribution is -2.53. The molecule has 4 N–H and O–H groups in total. The molecule has 3 nitrogen and oxygen atoms in total. The molecular formula is C23H37NO2. The number of phenolic OH excluding ortho intramolecular Hbond substituents is 1. The number of quaternary nitrogens is 1. The smallest absolute Gasteiger partial charge is 0.219 e. The number of aryl methyl sites for hydroxylation is 1. The zero-order chi connectivity index (χ0) is 18.4. The summed E-state index contributed by atoms with van der Waals surface area (Å²) in [7, 11) is 0. The first-order valence-corrected chi connectivity index (χ1v) is 9.58. The fourth-order valence-corrected chi connectivity index (χ4v) is 3.86. The fraction of sp³-hybridized carbons (Fsp3) is 0.522. The number of allylic oxidation sites excluding steroid dienone is 3. The summed E-state index contributed by atoms with van der Waals surface area (Å²) in [6.45, 7) is 11.0. The van der Waals surface area contributed by atoms with Crippen LogP contribution in [0.15, 0.2) is 35.9 Å². The Bertz CT molecular complexity index is 633. The van der Waals surface area contributed by atoms with Crippen molar-refractivity contribution in [1.29, 1.82) is 0 Å². The van der Waals surface area contributed by atoms with E-state index in [1.54, 1.807) is 0 Å². The highest BCUT2D eigenvalue weighted by Gasteiger charge is 2.30. The molecule has 1 aliphatic rings. The quantitative estimate of drug-likeness (QED) is 0.291. The van der Waals surface area contributed by atoms with E-state index in [9.17, 15) is 5.11 Å². The summed E-state index contributed by atoms with van der Waals surface area (Å²) in [5.74, 6) is 1.59. The minimum atomic E-state index is 0. The number of aromatic hydroxyl groups is 1. The molecule has 1 aromatic rings. The molecule has 0 saturated carbocycles. The van der Waals surface area contributed by atoms with E-state index in [0.717, 1.165) is 42.6 Å². The van der Waals surface area contributed by atoms with Gasteiger partial charge in [0.15, 0.2) is 0 Å². The molecule has 1 aliphatic carbocycles. The van der Waals surface area contributed by atoms with Gasteiger partial charge >= 0.3 is 0 Å². The molecular weight excluding hydrogens is 322 g/mol. The molecule has 0 amide bonds. The van der Waals surface area contributed by atoms with Crippen molar-refractivity contribution in [3.8, 4) is 11.5 Å². The van der Waals surface area contributed by atoms with Crippen LogP contribution in [0.4, 0.5) is 0 Å². The molecule has 26 heavy (non-hydrogen) atoms. The second-order valence-electron chi connectivity index (χ2n) is 7.36. The maximum absolute atomic E-state index is 10.8. The van der Waals surface area contributed by atoms with Crippen molar-refractivity contribution in [3.05, 3.63) is 54.5 Å². The number of ether oxygens (including phenoxy) is 1. The van der Waals surface area contributed by atoms with Gasteiger partial charge in [-0.05, 0) is 63.1 Å². The van der Waals surface area contributed by atoms with E-state index in [1.807, 2.05) is 6.07 Å². The highest BCUT2D eigenvalue weighted by atomic mass is 16.5. The zero-order valence-corrected chi connectivity index (χ0v) is 17.1. The van der Waals surface area contributed by atoms with Gasteiger partial charge in [0.25, 0.3) is 0 Å². The van der Waals surface area contributed by atoms with Crippen LogP contribution < -0.4 is 10.5 Å². The van der Waals surface area contributed by atoms with Crippen LogP contribution in [0.1, 0.15) is 69.9 Å². The van der Waals surface area contributed by atoms with E-state index in [2.05, 4.69) is 45.2 Å². The Kier molecular flexibility index (Phi) is 8.94. The lowest BCUT2D eigenvalue weighted by molar-refractivity contribution is -0.413. The Hall–Kier alpha value is -1.74. The highest BCUT2D eigenvalue weighted by Crippen LogP contribution is 2.46. The van der Waals surface area contributed by atoms with Gasteiger partial charge in [0.1, 0.15) is 11.5 Å². The van der Waals surface area contributed by atoms with E-state index >= 15 is 0 Å². The third kappa shape index (κ3) is 5.38. The van der Waals surface area contributed by atoms with Gasteiger partial charge in [-0.15, -0.1) is 0 Å². The molecule has 0 aromatic heterocycles. The Morgan fingerprint density at radius 3 is 2.69 bits per heavy atom. The van der Waals surface area contributed by atoms with Gasteiger partial charge in [-0.1, -0.05) is 43.6 Å². The number of rotatable bonds is 8. The third-order valence-corrected chi connectivity index (χ3v) is 5.22. The van der Waals surface area contributed by atoms with Crippen molar-refractivity contribution < 1.29 is 15.6 Å². The average molecular weight is 360 g/mol. The normalized spacial score (nSPS) is 19.5. The number of unbranched alkanes of at least 4 members (excludes halogenated alkanes) is 2. The van der Waals surface area contributed by atoms with Crippen molar-refractivity contribution in [3.63, 3.8) is 0 Å². The Morgan fingerprint density at radius 2 is 2.08 bits per heavy atom. The molecule has 0 aliphatic heterocycles. The van der Waals surface area contributed by atoms with Gasteiger partial charge in [-0.25, -0.2) is 0 Å². The Morgan fingerprint density at radius 1 is 1.35 bits per heavy atom. The molecule has 0 spiro atoms. The third-order valence-electron chi connectivity index (χ3n) is 5.22. The van der Waals surface area contributed by atoms with Gasteiger partial charge in [0, 0.05) is 11.5 Å². The maximum atomic E-state index is 10.8.